The molecule has 0 radical (unpaired) electrons. The number of carbonyl (C=O) groups excluding carboxylic acids is 2. The number of benzene rings is 3. The van der Waals surface area contributed by atoms with Crippen molar-refractivity contribution in [1.29, 1.82) is 0 Å². The molecule has 3 aromatic carbocycles. The Labute approximate surface area is 377 Å². The van der Waals surface area contributed by atoms with Gasteiger partial charge in [-0.1, -0.05) is 48.5 Å². The molecule has 2 N–H and O–H groups in total. The maximum atomic E-state index is 12.3. The van der Waals surface area contributed by atoms with E-state index in [-0.39, 0.29) is 18.4 Å². The largest absolute Gasteiger partial charge is 0.491 e. The molecule has 4 rings (SSSR count). The van der Waals surface area contributed by atoms with Crippen LogP contribution in [0.5, 0.6) is 5.75 Å². The maximum absolute atomic E-state index is 12.3. The maximum Gasteiger partial charge on any atom is 0.407 e. The van der Waals surface area contributed by atoms with E-state index in [9.17, 15) is 9.59 Å². The summed E-state index contributed by atoms with van der Waals surface area (Å²) in [5, 5.41) is 5.45. The lowest BCUT2D eigenvalue weighted by atomic mass is 9.98. The van der Waals surface area contributed by atoms with Crippen molar-refractivity contribution in [3.63, 3.8) is 0 Å². The number of fused-ring (bicyclic) bond motifs is 3. The van der Waals surface area contributed by atoms with Gasteiger partial charge in [-0.25, -0.2) is 4.79 Å². The molecule has 0 aliphatic heterocycles. The van der Waals surface area contributed by atoms with Crippen molar-refractivity contribution in [3.8, 4) is 16.9 Å². The van der Waals surface area contributed by atoms with Gasteiger partial charge in [0.1, 0.15) is 19.0 Å². The van der Waals surface area contributed by atoms with Gasteiger partial charge in [-0.05, 0) is 46.5 Å². The van der Waals surface area contributed by atoms with E-state index in [0.29, 0.717) is 164 Å². The number of rotatable bonds is 40. The van der Waals surface area contributed by atoms with E-state index in [1.807, 2.05) is 24.3 Å². The number of amides is 2. The summed E-state index contributed by atoms with van der Waals surface area (Å²) in [6.07, 6.45) is -0.457. The summed E-state index contributed by atoms with van der Waals surface area (Å²) in [6, 6.07) is 23.7. The van der Waals surface area contributed by atoms with Crippen LogP contribution in [0.1, 0.15) is 24.0 Å². The number of alkyl carbamates (subject to hydrolysis) is 1. The van der Waals surface area contributed by atoms with Gasteiger partial charge in [-0.2, -0.15) is 0 Å². The normalized spacial score (nSPS) is 12.0. The zero-order chi connectivity index (χ0) is 45.0. The van der Waals surface area contributed by atoms with Crippen molar-refractivity contribution in [2.24, 2.45) is 0 Å². The molecule has 3 aromatic rings. The topological polar surface area (TPSA) is 178 Å². The van der Waals surface area contributed by atoms with Gasteiger partial charge in [0.25, 0.3) is 0 Å². The highest BCUT2D eigenvalue weighted by molar-refractivity contribution is 5.88. The van der Waals surface area contributed by atoms with Crippen LogP contribution in [0.25, 0.3) is 11.1 Å². The van der Waals surface area contributed by atoms with Crippen LogP contribution in [-0.2, 0) is 61.6 Å². The standard InChI is InChI=1S/C47H68N2O15/c1-39(50)49-40-10-12-41(13-11-40)63-37-36-62-35-34-61-33-32-60-31-30-59-29-28-58-27-26-57-25-24-56-23-22-55-21-20-54-19-18-53-17-16-52-15-14-48-47(51)64-38-46-44-8-4-2-6-42(44)43-7-3-5-9-45(43)46/h2-13,46H,14-38H2,1H3,(H,48,51)(H,49,50). The molecule has 356 valence electrons. The molecule has 64 heavy (non-hydrogen) atoms. The van der Waals surface area contributed by atoms with Crippen molar-refractivity contribution in [1.82, 2.24) is 5.32 Å². The molecule has 0 saturated carbocycles. The Morgan fingerprint density at radius 2 is 0.781 bits per heavy atom. The third kappa shape index (κ3) is 23.6. The molecule has 0 heterocycles. The van der Waals surface area contributed by atoms with Crippen LogP contribution in [0.4, 0.5) is 10.5 Å². The van der Waals surface area contributed by atoms with Gasteiger partial charge in [0.15, 0.2) is 0 Å². The highest BCUT2D eigenvalue weighted by atomic mass is 16.6. The van der Waals surface area contributed by atoms with Gasteiger partial charge in [0, 0.05) is 25.1 Å². The van der Waals surface area contributed by atoms with Crippen LogP contribution < -0.4 is 15.4 Å². The van der Waals surface area contributed by atoms with Crippen molar-refractivity contribution in [2.75, 3.05) is 170 Å². The average Bonchev–Trinajstić information content (AvgIpc) is 3.63. The van der Waals surface area contributed by atoms with Gasteiger partial charge in [0.2, 0.25) is 5.91 Å². The molecule has 0 aromatic heterocycles. The van der Waals surface area contributed by atoms with Gasteiger partial charge in [-0.15, -0.1) is 0 Å². The Bertz CT molecular complexity index is 1610. The molecule has 0 unspecified atom stereocenters. The molecule has 17 heteroatoms. The van der Waals surface area contributed by atoms with Crippen LogP contribution in [-0.4, -0.2) is 177 Å². The second-order valence-electron chi connectivity index (χ2n) is 14.0. The predicted molar refractivity (Wildman–Crippen MR) is 238 cm³/mol. The van der Waals surface area contributed by atoms with E-state index in [0.717, 1.165) is 5.69 Å². The van der Waals surface area contributed by atoms with Crippen LogP contribution in [0.3, 0.4) is 0 Å². The van der Waals surface area contributed by atoms with Crippen molar-refractivity contribution >= 4 is 17.7 Å². The molecular weight excluding hydrogens is 833 g/mol. The quantitative estimate of drug-likeness (QED) is 0.0748. The molecule has 0 spiro atoms. The third-order valence-electron chi connectivity index (χ3n) is 9.25. The fraction of sp³-hybridized carbons (Fsp3) is 0.574. The fourth-order valence-corrected chi connectivity index (χ4v) is 6.23. The lowest BCUT2D eigenvalue weighted by Crippen LogP contribution is -2.29. The van der Waals surface area contributed by atoms with Crippen molar-refractivity contribution in [2.45, 2.75) is 12.8 Å². The van der Waals surface area contributed by atoms with Crippen LogP contribution in [0.15, 0.2) is 72.8 Å². The van der Waals surface area contributed by atoms with E-state index in [1.54, 1.807) is 24.3 Å². The van der Waals surface area contributed by atoms with Crippen LogP contribution in [0, 0.1) is 0 Å². The summed E-state index contributed by atoms with van der Waals surface area (Å²) in [6.45, 7) is 12.8. The highest BCUT2D eigenvalue weighted by Crippen LogP contribution is 2.44. The number of nitrogens with one attached hydrogen (secondary N) is 2. The minimum Gasteiger partial charge on any atom is -0.491 e. The number of anilines is 1. The number of ether oxygens (including phenoxy) is 13. The second-order valence-corrected chi connectivity index (χ2v) is 14.0. The number of hydrogen-bond donors (Lipinski definition) is 2. The molecule has 0 fully saturated rings. The Hall–Kier alpha value is -4.24. The number of hydrogen-bond acceptors (Lipinski definition) is 15. The van der Waals surface area contributed by atoms with E-state index >= 15 is 0 Å². The fourth-order valence-electron chi connectivity index (χ4n) is 6.23. The van der Waals surface area contributed by atoms with Gasteiger partial charge in [0.05, 0.1) is 145 Å². The third-order valence-corrected chi connectivity index (χ3v) is 9.25. The summed E-state index contributed by atoms with van der Waals surface area (Å²) in [4.78, 5) is 23.3. The van der Waals surface area contributed by atoms with E-state index < -0.39 is 6.09 Å². The Balaban J connectivity index is 0.763. The zero-order valence-corrected chi connectivity index (χ0v) is 37.3. The molecule has 17 nitrogen and oxygen atoms in total. The lowest BCUT2D eigenvalue weighted by Gasteiger charge is -2.14. The Kier molecular flexibility index (Phi) is 28.7. The van der Waals surface area contributed by atoms with Gasteiger partial charge >= 0.3 is 6.09 Å². The highest BCUT2D eigenvalue weighted by Gasteiger charge is 2.29. The average molecular weight is 901 g/mol. The minimum atomic E-state index is -0.457. The van der Waals surface area contributed by atoms with Crippen molar-refractivity contribution < 1.29 is 71.2 Å². The second kappa shape index (κ2) is 35.1. The van der Waals surface area contributed by atoms with Crippen molar-refractivity contribution in [3.05, 3.63) is 83.9 Å². The van der Waals surface area contributed by atoms with E-state index in [4.69, 9.17) is 61.6 Å². The molecule has 0 atom stereocenters. The first-order chi connectivity index (χ1) is 31.6. The van der Waals surface area contributed by atoms with E-state index in [1.165, 1.54) is 29.2 Å². The Morgan fingerprint density at radius 1 is 0.438 bits per heavy atom. The lowest BCUT2D eigenvalue weighted by molar-refractivity contribution is -0.114. The van der Waals surface area contributed by atoms with E-state index in [2.05, 4.69) is 34.9 Å². The summed E-state index contributed by atoms with van der Waals surface area (Å²) in [5.41, 5.74) is 5.48. The van der Waals surface area contributed by atoms with Crippen LogP contribution in [0.2, 0.25) is 0 Å². The molecular formula is C47H68N2O15. The molecule has 2 amide bonds. The predicted octanol–water partition coefficient (Wildman–Crippen LogP) is 4.75. The monoisotopic (exact) mass is 900 g/mol. The minimum absolute atomic E-state index is 0.0313. The molecule has 0 saturated heterocycles. The smallest absolute Gasteiger partial charge is 0.407 e. The van der Waals surface area contributed by atoms with Gasteiger partial charge < -0.3 is 72.2 Å². The van der Waals surface area contributed by atoms with Gasteiger partial charge in [-0.3, -0.25) is 4.79 Å². The first-order valence-electron chi connectivity index (χ1n) is 22.1. The molecule has 1 aliphatic carbocycles. The Morgan fingerprint density at radius 3 is 1.16 bits per heavy atom. The molecule has 1 aliphatic rings. The zero-order valence-electron chi connectivity index (χ0n) is 37.3. The first-order valence-corrected chi connectivity index (χ1v) is 22.1. The summed E-state index contributed by atoms with van der Waals surface area (Å²) < 4.78 is 71.8. The first kappa shape index (κ1) is 52.4. The SMILES string of the molecule is CC(=O)Nc1ccc(OCCOCCOCCOCCOCCOCCOCCOCCOCCOCCOCCOCCNC(=O)OCC2c3ccccc3-c3ccccc32)cc1. The molecule has 0 bridgehead atoms. The summed E-state index contributed by atoms with van der Waals surface area (Å²) in [5.74, 6) is 0.630. The summed E-state index contributed by atoms with van der Waals surface area (Å²) in [7, 11) is 0. The number of carbonyl (C=O) groups is 2. The van der Waals surface area contributed by atoms with Crippen LogP contribution >= 0.6 is 0 Å². The summed E-state index contributed by atoms with van der Waals surface area (Å²) >= 11 is 0.